The van der Waals surface area contributed by atoms with Crippen LogP contribution < -0.4 is 0 Å². The molecule has 0 bridgehead atoms. The third-order valence-electron chi connectivity index (χ3n) is 3.38. The summed E-state index contributed by atoms with van der Waals surface area (Å²) < 4.78 is 39.3. The van der Waals surface area contributed by atoms with Crippen LogP contribution in [0.4, 0.5) is 13.2 Å². The van der Waals surface area contributed by atoms with Crippen molar-refractivity contribution in [2.75, 3.05) is 13.6 Å². The molecule has 0 radical (unpaired) electrons. The highest BCUT2D eigenvalue weighted by Crippen LogP contribution is 2.30. The van der Waals surface area contributed by atoms with Gasteiger partial charge in [0.2, 0.25) is 0 Å². The molecule has 2 aromatic rings. The summed E-state index contributed by atoms with van der Waals surface area (Å²) >= 11 is 0. The normalized spacial score (nSPS) is 11.4. The van der Waals surface area contributed by atoms with Gasteiger partial charge in [0.1, 0.15) is 0 Å². The Labute approximate surface area is 140 Å². The van der Waals surface area contributed by atoms with E-state index in [0.717, 1.165) is 16.8 Å². The molecular weight excluding hydrogens is 341 g/mol. The van der Waals surface area contributed by atoms with Crippen molar-refractivity contribution in [2.24, 2.45) is 0 Å². The highest BCUT2D eigenvalue weighted by Gasteiger charge is 2.30. The summed E-state index contributed by atoms with van der Waals surface area (Å²) in [6, 6.07) is 4.48. The fraction of sp³-hybridized carbons (Fsp3) is 0.333. The van der Waals surface area contributed by atoms with Gasteiger partial charge in [-0.3, -0.25) is 9.59 Å². The number of aliphatic carboxylic acids is 1. The number of carbonyl (C=O) groups is 2. The number of rotatable bonds is 6. The van der Waals surface area contributed by atoms with Crippen molar-refractivity contribution >= 4 is 11.9 Å². The molecule has 1 heterocycles. The molecule has 134 valence electrons. The maximum atomic E-state index is 12.8. The van der Waals surface area contributed by atoms with E-state index in [0.29, 0.717) is 0 Å². The van der Waals surface area contributed by atoms with Crippen LogP contribution in [0.15, 0.2) is 30.5 Å². The second kappa shape index (κ2) is 7.32. The first-order valence-corrected chi connectivity index (χ1v) is 7.25. The van der Waals surface area contributed by atoms with Crippen molar-refractivity contribution < 1.29 is 27.9 Å². The number of carboxylic acids is 1. The lowest BCUT2D eigenvalue weighted by Gasteiger charge is -2.14. The van der Waals surface area contributed by atoms with Crippen LogP contribution >= 0.6 is 0 Å². The van der Waals surface area contributed by atoms with E-state index in [4.69, 9.17) is 5.11 Å². The van der Waals surface area contributed by atoms with Gasteiger partial charge in [-0.05, 0) is 24.6 Å². The minimum Gasteiger partial charge on any atom is -0.481 e. The molecule has 0 fully saturated rings. The fourth-order valence-corrected chi connectivity index (χ4v) is 2.08. The quantitative estimate of drug-likeness (QED) is 0.857. The fourth-order valence-electron chi connectivity index (χ4n) is 2.08. The van der Waals surface area contributed by atoms with Crippen molar-refractivity contribution in [1.29, 1.82) is 0 Å². The van der Waals surface area contributed by atoms with Crippen molar-refractivity contribution in [3.05, 3.63) is 41.7 Å². The van der Waals surface area contributed by atoms with Gasteiger partial charge >= 0.3 is 12.1 Å². The van der Waals surface area contributed by atoms with Gasteiger partial charge in [0.15, 0.2) is 5.69 Å². The Morgan fingerprint density at radius 3 is 2.68 bits per heavy atom. The molecule has 0 spiro atoms. The van der Waals surface area contributed by atoms with E-state index in [9.17, 15) is 22.8 Å². The van der Waals surface area contributed by atoms with Gasteiger partial charge in [-0.15, -0.1) is 5.10 Å². The molecule has 1 aromatic heterocycles. The first-order valence-electron chi connectivity index (χ1n) is 7.25. The summed E-state index contributed by atoms with van der Waals surface area (Å²) in [5.74, 6) is -1.46. The number of alkyl halides is 3. The number of hydrogen-bond acceptors (Lipinski definition) is 4. The predicted molar refractivity (Wildman–Crippen MR) is 80.2 cm³/mol. The van der Waals surface area contributed by atoms with E-state index >= 15 is 0 Å². The number of benzene rings is 1. The Balaban J connectivity index is 2.12. The molecule has 0 aliphatic heterocycles. The Morgan fingerprint density at radius 2 is 2.04 bits per heavy atom. The van der Waals surface area contributed by atoms with Crippen molar-refractivity contribution in [3.8, 4) is 5.69 Å². The average Bonchev–Trinajstić information content (AvgIpc) is 3.03. The summed E-state index contributed by atoms with van der Waals surface area (Å²) in [4.78, 5) is 23.9. The van der Waals surface area contributed by atoms with E-state index < -0.39 is 23.6 Å². The maximum absolute atomic E-state index is 12.8. The molecule has 7 nitrogen and oxygen atoms in total. The smallest absolute Gasteiger partial charge is 0.416 e. The van der Waals surface area contributed by atoms with Gasteiger partial charge in [0.05, 0.1) is 17.4 Å². The van der Waals surface area contributed by atoms with Gasteiger partial charge in [0, 0.05) is 20.0 Å². The molecule has 0 aliphatic carbocycles. The topological polar surface area (TPSA) is 88.3 Å². The summed E-state index contributed by atoms with van der Waals surface area (Å²) in [6.45, 7) is 0.210. The third kappa shape index (κ3) is 4.78. The molecule has 10 heteroatoms. The molecule has 0 saturated carbocycles. The van der Waals surface area contributed by atoms with Crippen LogP contribution in [0, 0.1) is 0 Å². The van der Waals surface area contributed by atoms with E-state index in [1.165, 1.54) is 30.3 Å². The predicted octanol–water partition coefficient (Wildman–Crippen LogP) is 2.22. The molecule has 1 amide bonds. The van der Waals surface area contributed by atoms with Crippen LogP contribution in [-0.4, -0.2) is 50.5 Å². The van der Waals surface area contributed by atoms with Crippen LogP contribution in [0.25, 0.3) is 5.69 Å². The standard InChI is InChI=1S/C15H15F3N4O3/c1-21(7-3-6-13(23)24)14(25)12-9-22(20-19-12)11-5-2-4-10(8-11)15(16,17)18/h2,4-5,8-9H,3,6-7H2,1H3,(H,23,24). The lowest BCUT2D eigenvalue weighted by Crippen LogP contribution is -2.28. The zero-order valence-corrected chi connectivity index (χ0v) is 13.2. The minimum atomic E-state index is -4.49. The minimum absolute atomic E-state index is 0.0461. The van der Waals surface area contributed by atoms with Gasteiger partial charge in [0.25, 0.3) is 5.91 Å². The Kier molecular flexibility index (Phi) is 5.40. The highest BCUT2D eigenvalue weighted by atomic mass is 19.4. The van der Waals surface area contributed by atoms with Crippen molar-refractivity contribution in [3.63, 3.8) is 0 Å². The first-order chi connectivity index (χ1) is 11.7. The van der Waals surface area contributed by atoms with Crippen molar-refractivity contribution in [1.82, 2.24) is 19.9 Å². The van der Waals surface area contributed by atoms with Gasteiger partial charge in [-0.25, -0.2) is 4.68 Å². The number of hydrogen-bond donors (Lipinski definition) is 1. The number of carboxylic acid groups (broad SMARTS) is 1. The zero-order chi connectivity index (χ0) is 18.6. The maximum Gasteiger partial charge on any atom is 0.416 e. The van der Waals surface area contributed by atoms with Crippen LogP contribution in [0.1, 0.15) is 28.9 Å². The highest BCUT2D eigenvalue weighted by molar-refractivity contribution is 5.91. The molecule has 1 aromatic carbocycles. The molecular formula is C15H15F3N4O3. The van der Waals surface area contributed by atoms with Gasteiger partial charge in [-0.1, -0.05) is 11.3 Å². The van der Waals surface area contributed by atoms with Crippen LogP contribution in [0.2, 0.25) is 0 Å². The lowest BCUT2D eigenvalue weighted by atomic mass is 10.2. The van der Waals surface area contributed by atoms with Crippen molar-refractivity contribution in [2.45, 2.75) is 19.0 Å². The third-order valence-corrected chi connectivity index (χ3v) is 3.38. The Morgan fingerprint density at radius 1 is 1.32 bits per heavy atom. The van der Waals surface area contributed by atoms with E-state index in [-0.39, 0.29) is 30.8 Å². The van der Waals surface area contributed by atoms with Gasteiger partial charge in [-0.2, -0.15) is 13.2 Å². The van der Waals surface area contributed by atoms with Crippen LogP contribution in [0.3, 0.4) is 0 Å². The molecule has 0 atom stereocenters. The molecule has 1 N–H and O–H groups in total. The molecule has 0 aliphatic rings. The molecule has 25 heavy (non-hydrogen) atoms. The largest absolute Gasteiger partial charge is 0.481 e. The van der Waals surface area contributed by atoms with Crippen LogP contribution in [-0.2, 0) is 11.0 Å². The SMILES string of the molecule is CN(CCCC(=O)O)C(=O)c1cn(-c2cccc(C(F)(F)F)c2)nn1. The first kappa shape index (κ1) is 18.4. The molecule has 2 rings (SSSR count). The number of carbonyl (C=O) groups excluding carboxylic acids is 1. The Hall–Kier alpha value is -2.91. The van der Waals surface area contributed by atoms with Crippen LogP contribution in [0.5, 0.6) is 0 Å². The average molecular weight is 356 g/mol. The van der Waals surface area contributed by atoms with Gasteiger partial charge < -0.3 is 10.0 Å². The number of amides is 1. The lowest BCUT2D eigenvalue weighted by molar-refractivity contribution is -0.138. The summed E-state index contributed by atoms with van der Waals surface area (Å²) in [5, 5.41) is 15.9. The zero-order valence-electron chi connectivity index (χ0n) is 13.2. The van der Waals surface area contributed by atoms with E-state index in [1.54, 1.807) is 0 Å². The molecule has 0 unspecified atom stereocenters. The number of halogens is 3. The Bertz CT molecular complexity index is 773. The summed E-state index contributed by atoms with van der Waals surface area (Å²) in [5.41, 5.74) is -0.760. The molecule has 0 saturated heterocycles. The summed E-state index contributed by atoms with van der Waals surface area (Å²) in [6.07, 6.45) is -3.06. The second-order valence-corrected chi connectivity index (χ2v) is 5.32. The van der Waals surface area contributed by atoms with E-state index in [2.05, 4.69) is 10.3 Å². The number of nitrogens with zero attached hydrogens (tertiary/aromatic N) is 4. The second-order valence-electron chi connectivity index (χ2n) is 5.32. The number of aromatic nitrogens is 3. The summed E-state index contributed by atoms with van der Waals surface area (Å²) in [7, 11) is 1.48. The van der Waals surface area contributed by atoms with E-state index in [1.807, 2.05) is 0 Å². The monoisotopic (exact) mass is 356 g/mol.